The number of fused-ring (bicyclic) bond motifs is 5. The van der Waals surface area contributed by atoms with Crippen molar-refractivity contribution in [2.24, 2.45) is 53.3 Å². The summed E-state index contributed by atoms with van der Waals surface area (Å²) in [7, 11) is 0. The van der Waals surface area contributed by atoms with Gasteiger partial charge in [-0.3, -0.25) is 58.1 Å². The van der Waals surface area contributed by atoms with Gasteiger partial charge < -0.3 is 52.5 Å². The third-order valence-corrected chi connectivity index (χ3v) is 32.3. The summed E-state index contributed by atoms with van der Waals surface area (Å²) < 4.78 is 0. The molecule has 5 saturated heterocycles. The van der Waals surface area contributed by atoms with Crippen molar-refractivity contribution in [3.8, 4) is 0 Å². The highest BCUT2D eigenvalue weighted by atomic mass is 16.3. The Labute approximate surface area is 859 Å². The van der Waals surface area contributed by atoms with Crippen molar-refractivity contribution in [2.75, 3.05) is 151 Å². The Morgan fingerprint density at radius 1 is 0.281 bits per heavy atom. The maximum Gasteiger partial charge on any atom is 0.216 e. The maximum absolute atomic E-state index is 12.5. The molecule has 5 aromatic heterocycles. The number of aliphatic hydroxyl groups is 3. The van der Waals surface area contributed by atoms with Gasteiger partial charge in [0.25, 0.3) is 0 Å². The summed E-state index contributed by atoms with van der Waals surface area (Å²) in [6.07, 6.45) is 34.9. The van der Waals surface area contributed by atoms with Crippen LogP contribution in [0, 0.1) is 87.9 Å². The lowest BCUT2D eigenvalue weighted by molar-refractivity contribution is -0.121. The molecule has 5 aliphatic heterocycles. The zero-order valence-electron chi connectivity index (χ0n) is 86.9. The van der Waals surface area contributed by atoms with Gasteiger partial charge in [0.2, 0.25) is 11.8 Å². The van der Waals surface area contributed by atoms with Crippen LogP contribution in [0.3, 0.4) is 0 Å². The molecule has 0 atom stereocenters. The van der Waals surface area contributed by atoms with Crippen LogP contribution in [0.25, 0.3) is 54.5 Å². The fourth-order valence-corrected chi connectivity index (χ4v) is 23.7. The van der Waals surface area contributed by atoms with Crippen LogP contribution in [0.5, 0.6) is 0 Å². The first-order valence-corrected chi connectivity index (χ1v) is 54.2. The second-order valence-corrected chi connectivity index (χ2v) is 44.0. The molecule has 10 N–H and O–H groups in total. The van der Waals surface area contributed by atoms with Gasteiger partial charge in [-0.1, -0.05) is 58.1 Å². The van der Waals surface area contributed by atoms with Crippen molar-refractivity contribution < 1.29 is 48.9 Å². The molecule has 32 nitrogen and oxygen atoms in total. The van der Waals surface area contributed by atoms with E-state index in [9.17, 15) is 43.8 Å². The summed E-state index contributed by atoms with van der Waals surface area (Å²) in [5.41, 5.74) is 10.2. The molecular formula is C114H156N22O10. The number of hydrogen-bond acceptors (Lipinski definition) is 30. The Hall–Kier alpha value is -11.2. The first-order valence-electron chi connectivity index (χ1n) is 54.2. The number of aromatic nitrogens is 10. The van der Waals surface area contributed by atoms with Gasteiger partial charge in [0, 0.05) is 195 Å². The number of ketones is 5. The summed E-state index contributed by atoms with van der Waals surface area (Å²) in [5.74, 6) is 9.82. The van der Waals surface area contributed by atoms with E-state index in [0.717, 1.165) is 235 Å². The van der Waals surface area contributed by atoms with E-state index in [1.807, 2.05) is 101 Å². The molecule has 10 aromatic rings. The van der Waals surface area contributed by atoms with Gasteiger partial charge in [0.05, 0.1) is 66.4 Å². The number of aliphatic hydroxyl groups excluding tert-OH is 3. The zero-order chi connectivity index (χ0) is 102. The van der Waals surface area contributed by atoms with Crippen LogP contribution in [-0.4, -0.2) is 291 Å². The summed E-state index contributed by atoms with van der Waals surface area (Å²) >= 11 is 0. The predicted octanol–water partition coefficient (Wildman–Crippen LogP) is 14.4. The highest BCUT2D eigenvalue weighted by molar-refractivity contribution is 5.96. The zero-order valence-corrected chi connectivity index (χ0v) is 86.9. The van der Waals surface area contributed by atoms with Gasteiger partial charge in [0.1, 0.15) is 60.7 Å². The lowest BCUT2D eigenvalue weighted by Crippen LogP contribution is -2.53. The van der Waals surface area contributed by atoms with E-state index in [2.05, 4.69) is 136 Å². The number of Topliss-reactive ketones (excluding diaryl/α,β-unsaturated/α-hetero) is 5. The highest BCUT2D eigenvalue weighted by Crippen LogP contribution is 2.40. The maximum atomic E-state index is 12.5. The lowest BCUT2D eigenvalue weighted by Gasteiger charge is -2.46. The third kappa shape index (κ3) is 30.8. The van der Waals surface area contributed by atoms with Crippen LogP contribution in [0.2, 0.25) is 0 Å². The standard InChI is InChI=1S/2C24H33N5O2.C23H32N4O2.C22H30N4O2.C21H28N4O2/c2*1-16-3-8-23-22(9-16)24(28-15-27-23)26-12-21(31)10-19-13-29(14-19)20-6-4-18(5-7-20)11-25-17(2)30;1-16-2-7-22-21(10-16)23(26-15-25-22)24-12-20(29)11-18-13-27(14-18)19-5-3-17(4-6-19)8-9-28;1-15-2-7-21-20(8-15)22(25-14-24-21)23-10-19(28)9-17-11-26(12-17)18-5-3-16(13-27)4-6-18;1-14-2-7-20-19(8-14)21(24-13-23-20)22-10-18(27)9-15-11-25(12-15)16-3-5-17(26)6-4-16/h2*3,8-9,15,18-20H,4-7,10-14H2,1-2H3,(H,25,30)(H,26,27,28);2,7,10,15,17-19,28H,3-6,8-9,11-14H2,1H3,(H,24,25,26);2,7-8,14,16-18,27H,3-6,9-13H2,1H3,(H,23,24,25);2,7-8,13,15-17,26H,3-6,9-12H2,1H3,(H,22,23,24). The molecule has 10 heterocycles. The molecule has 10 aliphatic rings. The number of nitrogens with one attached hydrogen (secondary N) is 7. The van der Waals surface area contributed by atoms with Crippen molar-refractivity contribution in [1.82, 2.24) is 85.0 Å². The van der Waals surface area contributed by atoms with E-state index in [-0.39, 0.29) is 46.8 Å². The molecule has 0 unspecified atom stereocenters. The van der Waals surface area contributed by atoms with Crippen molar-refractivity contribution >= 4 is 124 Å². The monoisotopic (exact) mass is 1990 g/mol. The van der Waals surface area contributed by atoms with Crippen LogP contribution in [0.4, 0.5) is 29.1 Å². The molecule has 0 bridgehead atoms. The van der Waals surface area contributed by atoms with Crippen LogP contribution < -0.4 is 37.2 Å². The Morgan fingerprint density at radius 2 is 0.493 bits per heavy atom. The molecule has 0 spiro atoms. The normalized spacial score (nSPS) is 22.9. The fraction of sp³-hybridized carbons (Fsp3) is 0.588. The average molecular weight is 1990 g/mol. The largest absolute Gasteiger partial charge is 0.396 e. The number of benzene rings is 5. The molecule has 0 radical (unpaired) electrons. The molecular weight excluding hydrogens is 1840 g/mol. The molecule has 5 aliphatic carbocycles. The van der Waals surface area contributed by atoms with Crippen molar-refractivity contribution in [1.29, 1.82) is 0 Å². The van der Waals surface area contributed by atoms with Crippen molar-refractivity contribution in [2.45, 2.75) is 252 Å². The van der Waals surface area contributed by atoms with Gasteiger partial charge in [-0.2, -0.15) is 0 Å². The second-order valence-electron chi connectivity index (χ2n) is 44.0. The Kier molecular flexibility index (Phi) is 38.7. The van der Waals surface area contributed by atoms with Crippen LogP contribution in [0.1, 0.15) is 209 Å². The van der Waals surface area contributed by atoms with E-state index in [1.165, 1.54) is 96.2 Å². The van der Waals surface area contributed by atoms with Crippen LogP contribution in [-0.2, 0) is 33.6 Å². The smallest absolute Gasteiger partial charge is 0.216 e. The van der Waals surface area contributed by atoms with Crippen molar-refractivity contribution in [3.63, 3.8) is 0 Å². The minimum absolute atomic E-state index is 0.0647. The van der Waals surface area contributed by atoms with E-state index in [0.29, 0.717) is 162 Å². The first-order chi connectivity index (χ1) is 70.8. The number of carbonyl (C=O) groups excluding carboxylic acids is 7. The number of anilines is 5. The van der Waals surface area contributed by atoms with Crippen LogP contribution >= 0.6 is 0 Å². The van der Waals surface area contributed by atoms with E-state index in [1.54, 1.807) is 39.2 Å². The van der Waals surface area contributed by atoms with Gasteiger partial charge in [-0.15, -0.1) is 0 Å². The molecule has 2 amide bonds. The number of carbonyl (C=O) groups is 7. The Balaban J connectivity index is 0.000000131. The molecule has 146 heavy (non-hydrogen) atoms. The van der Waals surface area contributed by atoms with Gasteiger partial charge in [-0.25, -0.2) is 49.8 Å². The minimum Gasteiger partial charge on any atom is -0.396 e. The number of rotatable bonds is 37. The van der Waals surface area contributed by atoms with Gasteiger partial charge in [0.15, 0.2) is 28.9 Å². The van der Waals surface area contributed by atoms with Crippen LogP contribution in [0.15, 0.2) is 123 Å². The number of likely N-dealkylation sites (tertiary alicyclic amines) is 5. The van der Waals surface area contributed by atoms with Gasteiger partial charge in [-0.05, 0) is 283 Å². The number of hydrogen-bond donors (Lipinski definition) is 10. The topological polar surface area (TPSA) is 409 Å². The van der Waals surface area contributed by atoms with E-state index in [4.69, 9.17) is 5.11 Å². The quantitative estimate of drug-likeness (QED) is 0.0173. The molecule has 782 valence electrons. The Bertz CT molecular complexity index is 5870. The minimum atomic E-state index is -0.104. The predicted molar refractivity (Wildman–Crippen MR) is 575 cm³/mol. The number of amides is 2. The SMILES string of the molecule is CC(=O)NCC1CCC(N2CC(CC(=O)CNc3ncnc4ccc(C)cc34)C2)CC1.CC(=O)NCC1CCC(N2CC(CC(=O)CNc3ncnc4ccc(C)cc34)C2)CC1.Cc1ccc2ncnc(NCC(=O)CC3CN(C4CCC(CCO)CC4)C3)c2c1.Cc1ccc2ncnc(NCC(=O)CC3CN(C4CCC(CO)CC4)C3)c2c1.Cc1ccc2ncnc(NCC(=O)CC3CN(C4CCC(O)CC4)C3)c2c1. The summed E-state index contributed by atoms with van der Waals surface area (Å²) in [5, 5.41) is 54.8. The molecule has 32 heteroatoms. The summed E-state index contributed by atoms with van der Waals surface area (Å²) in [6, 6.07) is 33.6. The van der Waals surface area contributed by atoms with E-state index < -0.39 is 0 Å². The third-order valence-electron chi connectivity index (χ3n) is 32.3. The lowest BCUT2D eigenvalue weighted by atomic mass is 9.81. The molecule has 5 saturated carbocycles. The number of aryl methyl sites for hydroxylation is 5. The molecule has 5 aromatic carbocycles. The average Bonchev–Trinajstić information content (AvgIpc) is 0.832. The summed E-state index contributed by atoms with van der Waals surface area (Å²) in [4.78, 5) is 140. The summed E-state index contributed by atoms with van der Waals surface area (Å²) in [6.45, 7) is 27.6. The van der Waals surface area contributed by atoms with Gasteiger partial charge >= 0.3 is 0 Å². The molecule has 20 rings (SSSR count). The first kappa shape index (κ1) is 108. The van der Waals surface area contributed by atoms with E-state index >= 15 is 0 Å². The number of nitrogens with zero attached hydrogens (tertiary/aromatic N) is 15. The Morgan fingerprint density at radius 3 is 0.705 bits per heavy atom. The second kappa shape index (κ2) is 52.6. The fourth-order valence-electron chi connectivity index (χ4n) is 23.7. The molecule has 10 fully saturated rings. The van der Waals surface area contributed by atoms with Crippen molar-refractivity contribution in [3.05, 3.63) is 150 Å². The highest BCUT2D eigenvalue weighted by Gasteiger charge is 2.41.